The number of aliphatic hydroxyl groups is 1. The molecule has 0 bridgehead atoms. The summed E-state index contributed by atoms with van der Waals surface area (Å²) < 4.78 is 18.8. The average Bonchev–Trinajstić information content (AvgIpc) is 2.78. The van der Waals surface area contributed by atoms with Gasteiger partial charge in [0.25, 0.3) is 0 Å². The molecule has 4 heteroatoms. The molecule has 2 aromatic rings. The Balaban J connectivity index is 2.18. The number of rotatable bonds is 4. The standard InChI is InChI=1S/C13H13FO2S/c1-9(15)13-11(14)5-2-6-12(13)17-8-10-4-3-7-16-10/h2-7,9,15H,8H2,1H3. The van der Waals surface area contributed by atoms with Crippen LogP contribution < -0.4 is 0 Å². The summed E-state index contributed by atoms with van der Waals surface area (Å²) in [6.45, 7) is 1.56. The summed E-state index contributed by atoms with van der Waals surface area (Å²) in [4.78, 5) is 0.747. The Hall–Kier alpha value is -1.26. The topological polar surface area (TPSA) is 33.4 Å². The molecule has 0 radical (unpaired) electrons. The molecular weight excluding hydrogens is 239 g/mol. The number of hydrogen-bond donors (Lipinski definition) is 1. The first-order valence-electron chi connectivity index (χ1n) is 5.30. The predicted octanol–water partition coefficient (Wildman–Crippen LogP) is 3.76. The third-order valence-corrected chi connectivity index (χ3v) is 3.48. The van der Waals surface area contributed by atoms with Gasteiger partial charge in [-0.3, -0.25) is 0 Å². The Morgan fingerprint density at radius 1 is 1.35 bits per heavy atom. The summed E-state index contributed by atoms with van der Waals surface area (Å²) >= 11 is 1.45. The molecule has 2 nitrogen and oxygen atoms in total. The van der Waals surface area contributed by atoms with Crippen LogP contribution in [0.1, 0.15) is 24.4 Å². The van der Waals surface area contributed by atoms with Crippen molar-refractivity contribution in [3.05, 3.63) is 53.7 Å². The lowest BCUT2D eigenvalue weighted by atomic mass is 10.1. The van der Waals surface area contributed by atoms with Gasteiger partial charge in [-0.15, -0.1) is 11.8 Å². The lowest BCUT2D eigenvalue weighted by Crippen LogP contribution is -1.98. The fraction of sp³-hybridized carbons (Fsp3) is 0.231. The van der Waals surface area contributed by atoms with E-state index in [-0.39, 0.29) is 5.82 Å². The van der Waals surface area contributed by atoms with Crippen molar-refractivity contribution in [2.75, 3.05) is 0 Å². The van der Waals surface area contributed by atoms with Gasteiger partial charge in [0.1, 0.15) is 11.6 Å². The van der Waals surface area contributed by atoms with Crippen LogP contribution in [0, 0.1) is 5.82 Å². The summed E-state index contributed by atoms with van der Waals surface area (Å²) in [6.07, 6.45) is 0.798. The molecule has 0 aliphatic rings. The quantitative estimate of drug-likeness (QED) is 0.841. The van der Waals surface area contributed by atoms with E-state index in [0.29, 0.717) is 11.3 Å². The van der Waals surface area contributed by atoms with Crippen molar-refractivity contribution in [1.29, 1.82) is 0 Å². The maximum atomic E-state index is 13.6. The molecule has 0 saturated heterocycles. The van der Waals surface area contributed by atoms with E-state index in [9.17, 15) is 9.50 Å². The zero-order valence-electron chi connectivity index (χ0n) is 9.39. The molecule has 1 heterocycles. The first-order valence-corrected chi connectivity index (χ1v) is 6.28. The number of thioether (sulfide) groups is 1. The zero-order chi connectivity index (χ0) is 12.3. The average molecular weight is 252 g/mol. The normalized spacial score (nSPS) is 12.6. The van der Waals surface area contributed by atoms with Crippen LogP contribution in [0.4, 0.5) is 4.39 Å². The van der Waals surface area contributed by atoms with Crippen LogP contribution in [-0.4, -0.2) is 5.11 Å². The Morgan fingerprint density at radius 3 is 2.82 bits per heavy atom. The van der Waals surface area contributed by atoms with Crippen molar-refractivity contribution in [1.82, 2.24) is 0 Å². The lowest BCUT2D eigenvalue weighted by Gasteiger charge is -2.11. The Labute approximate surface area is 103 Å². The third-order valence-electron chi connectivity index (χ3n) is 2.38. The van der Waals surface area contributed by atoms with Crippen molar-refractivity contribution >= 4 is 11.8 Å². The van der Waals surface area contributed by atoms with Gasteiger partial charge < -0.3 is 9.52 Å². The minimum Gasteiger partial charge on any atom is -0.468 e. The Bertz CT molecular complexity index is 480. The SMILES string of the molecule is CC(O)c1c(F)cccc1SCc1ccco1. The van der Waals surface area contributed by atoms with Gasteiger partial charge in [-0.1, -0.05) is 6.07 Å². The maximum Gasteiger partial charge on any atom is 0.130 e. The molecular formula is C13H13FO2S. The van der Waals surface area contributed by atoms with E-state index in [1.54, 1.807) is 25.3 Å². The summed E-state index contributed by atoms with van der Waals surface area (Å²) in [6, 6.07) is 8.49. The molecule has 0 fully saturated rings. The summed E-state index contributed by atoms with van der Waals surface area (Å²) in [5.41, 5.74) is 0.351. The van der Waals surface area contributed by atoms with Crippen LogP contribution in [0.3, 0.4) is 0 Å². The first kappa shape index (κ1) is 12.2. The molecule has 0 spiro atoms. The van der Waals surface area contributed by atoms with Gasteiger partial charge in [0.15, 0.2) is 0 Å². The zero-order valence-corrected chi connectivity index (χ0v) is 10.2. The molecule has 0 saturated carbocycles. The molecule has 17 heavy (non-hydrogen) atoms. The second-order valence-corrected chi connectivity index (χ2v) is 4.71. The van der Waals surface area contributed by atoms with Gasteiger partial charge in [0.2, 0.25) is 0 Å². The lowest BCUT2D eigenvalue weighted by molar-refractivity contribution is 0.191. The molecule has 1 aromatic heterocycles. The molecule has 0 amide bonds. The van der Waals surface area contributed by atoms with E-state index in [1.807, 2.05) is 12.1 Å². The van der Waals surface area contributed by atoms with Crippen LogP contribution in [0.25, 0.3) is 0 Å². The molecule has 90 valence electrons. The molecule has 1 N–H and O–H groups in total. The smallest absolute Gasteiger partial charge is 0.130 e. The van der Waals surface area contributed by atoms with Gasteiger partial charge >= 0.3 is 0 Å². The van der Waals surface area contributed by atoms with E-state index in [2.05, 4.69) is 0 Å². The Morgan fingerprint density at radius 2 is 2.18 bits per heavy atom. The van der Waals surface area contributed by atoms with Crippen LogP contribution >= 0.6 is 11.8 Å². The first-order chi connectivity index (χ1) is 8.18. The van der Waals surface area contributed by atoms with Gasteiger partial charge in [-0.25, -0.2) is 4.39 Å². The molecule has 1 atom stereocenters. The van der Waals surface area contributed by atoms with E-state index < -0.39 is 6.10 Å². The molecule has 1 unspecified atom stereocenters. The highest BCUT2D eigenvalue weighted by molar-refractivity contribution is 7.98. The third kappa shape index (κ3) is 2.90. The second kappa shape index (κ2) is 5.38. The highest BCUT2D eigenvalue weighted by Crippen LogP contribution is 2.31. The van der Waals surface area contributed by atoms with Gasteiger partial charge in [0.05, 0.1) is 18.1 Å². The highest BCUT2D eigenvalue weighted by atomic mass is 32.2. The number of furan rings is 1. The van der Waals surface area contributed by atoms with E-state index in [0.717, 1.165) is 10.7 Å². The van der Waals surface area contributed by atoms with Crippen LogP contribution in [0.5, 0.6) is 0 Å². The minimum absolute atomic E-state index is 0.351. The van der Waals surface area contributed by atoms with Gasteiger partial charge in [0, 0.05) is 10.5 Å². The summed E-state index contributed by atoms with van der Waals surface area (Å²) in [7, 11) is 0. The molecule has 2 rings (SSSR count). The minimum atomic E-state index is -0.810. The number of benzene rings is 1. The largest absolute Gasteiger partial charge is 0.468 e. The van der Waals surface area contributed by atoms with Crippen molar-refractivity contribution in [2.24, 2.45) is 0 Å². The van der Waals surface area contributed by atoms with E-state index in [1.165, 1.54) is 17.8 Å². The fourth-order valence-corrected chi connectivity index (χ4v) is 2.65. The van der Waals surface area contributed by atoms with Crippen molar-refractivity contribution < 1.29 is 13.9 Å². The predicted molar refractivity (Wildman–Crippen MR) is 65.3 cm³/mol. The van der Waals surface area contributed by atoms with E-state index >= 15 is 0 Å². The fourth-order valence-electron chi connectivity index (χ4n) is 1.59. The van der Waals surface area contributed by atoms with Crippen molar-refractivity contribution in [3.8, 4) is 0 Å². The summed E-state index contributed by atoms with van der Waals surface area (Å²) in [5, 5.41) is 9.57. The molecule has 1 aromatic carbocycles. The number of hydrogen-bond acceptors (Lipinski definition) is 3. The maximum absolute atomic E-state index is 13.6. The van der Waals surface area contributed by atoms with Crippen LogP contribution in [-0.2, 0) is 5.75 Å². The molecule has 0 aliphatic carbocycles. The van der Waals surface area contributed by atoms with Crippen molar-refractivity contribution in [2.45, 2.75) is 23.7 Å². The Kier molecular flexibility index (Phi) is 3.86. The summed E-state index contributed by atoms with van der Waals surface area (Å²) in [5.74, 6) is 1.08. The highest BCUT2D eigenvalue weighted by Gasteiger charge is 2.14. The molecule has 0 aliphatic heterocycles. The van der Waals surface area contributed by atoms with E-state index in [4.69, 9.17) is 4.42 Å². The second-order valence-electron chi connectivity index (χ2n) is 3.70. The van der Waals surface area contributed by atoms with Crippen LogP contribution in [0.2, 0.25) is 0 Å². The monoisotopic (exact) mass is 252 g/mol. The van der Waals surface area contributed by atoms with Crippen molar-refractivity contribution in [3.63, 3.8) is 0 Å². The van der Waals surface area contributed by atoms with Gasteiger partial charge in [-0.05, 0) is 31.2 Å². The number of halogens is 1. The van der Waals surface area contributed by atoms with Crippen LogP contribution in [0.15, 0.2) is 45.9 Å². The number of aliphatic hydroxyl groups excluding tert-OH is 1. The van der Waals surface area contributed by atoms with Gasteiger partial charge in [-0.2, -0.15) is 0 Å².